The van der Waals surface area contributed by atoms with Gasteiger partial charge >= 0.3 is 0 Å². The largest absolute Gasteiger partial charge is 0.378 e. The summed E-state index contributed by atoms with van der Waals surface area (Å²) in [6.07, 6.45) is 1.80. The lowest BCUT2D eigenvalue weighted by Crippen LogP contribution is -2.36. The van der Waals surface area contributed by atoms with Gasteiger partial charge in [0.15, 0.2) is 0 Å². The Morgan fingerprint density at radius 2 is 2.12 bits per heavy atom. The van der Waals surface area contributed by atoms with Crippen molar-refractivity contribution in [3.05, 3.63) is 29.8 Å². The number of pyridine rings is 1. The molecule has 0 atom stereocenters. The summed E-state index contributed by atoms with van der Waals surface area (Å²) in [4.78, 5) is 11.2. The van der Waals surface area contributed by atoms with Crippen LogP contribution in [0.5, 0.6) is 0 Å². The predicted molar refractivity (Wildman–Crippen MR) is 68.4 cm³/mol. The first kappa shape index (κ1) is 10.7. The molecule has 2 aromatic rings. The van der Waals surface area contributed by atoms with E-state index in [0.29, 0.717) is 0 Å². The van der Waals surface area contributed by atoms with Gasteiger partial charge in [-0.05, 0) is 12.1 Å². The van der Waals surface area contributed by atoms with Crippen LogP contribution in [0, 0.1) is 0 Å². The van der Waals surface area contributed by atoms with E-state index >= 15 is 0 Å². The second-order valence-corrected chi connectivity index (χ2v) is 4.68. The minimum Gasteiger partial charge on any atom is -0.378 e. The van der Waals surface area contributed by atoms with E-state index in [-0.39, 0.29) is 0 Å². The molecule has 1 saturated heterocycles. The van der Waals surface area contributed by atoms with Crippen LogP contribution in [-0.2, 0) is 4.74 Å². The molecule has 3 heterocycles. The summed E-state index contributed by atoms with van der Waals surface area (Å²) in [5, 5.41) is 3.07. The van der Waals surface area contributed by atoms with Crippen molar-refractivity contribution in [1.82, 2.24) is 9.97 Å². The molecule has 5 heteroatoms. The van der Waals surface area contributed by atoms with Crippen LogP contribution >= 0.6 is 11.3 Å². The molecule has 0 bridgehead atoms. The molecule has 0 saturated carbocycles. The van der Waals surface area contributed by atoms with Crippen molar-refractivity contribution in [1.29, 1.82) is 0 Å². The molecule has 0 radical (unpaired) electrons. The zero-order chi connectivity index (χ0) is 11.5. The smallest absolute Gasteiger partial charge is 0.144 e. The lowest BCUT2D eigenvalue weighted by atomic mass is 10.4. The van der Waals surface area contributed by atoms with Crippen LogP contribution in [0.25, 0.3) is 10.7 Å². The van der Waals surface area contributed by atoms with E-state index in [0.717, 1.165) is 42.8 Å². The van der Waals surface area contributed by atoms with Gasteiger partial charge in [-0.3, -0.25) is 4.98 Å². The molecule has 0 N–H and O–H groups in total. The molecule has 1 fully saturated rings. The van der Waals surface area contributed by atoms with Gasteiger partial charge in [0.05, 0.1) is 18.9 Å². The number of ether oxygens (including phenoxy) is 1. The number of hydrogen-bond donors (Lipinski definition) is 0. The highest BCUT2D eigenvalue weighted by Crippen LogP contribution is 2.26. The first-order valence-electron chi connectivity index (χ1n) is 5.63. The van der Waals surface area contributed by atoms with Gasteiger partial charge in [-0.2, -0.15) is 0 Å². The van der Waals surface area contributed by atoms with Crippen molar-refractivity contribution in [3.8, 4) is 10.7 Å². The van der Waals surface area contributed by atoms with Crippen molar-refractivity contribution >= 4 is 17.2 Å². The van der Waals surface area contributed by atoms with Crippen molar-refractivity contribution in [2.45, 2.75) is 0 Å². The fourth-order valence-corrected chi connectivity index (χ4v) is 2.62. The maximum absolute atomic E-state index is 5.33. The van der Waals surface area contributed by atoms with E-state index in [1.165, 1.54) is 0 Å². The molecule has 4 nitrogen and oxygen atoms in total. The summed E-state index contributed by atoms with van der Waals surface area (Å²) in [6, 6.07) is 5.89. The van der Waals surface area contributed by atoms with Gasteiger partial charge in [0.2, 0.25) is 0 Å². The number of aromatic nitrogens is 2. The van der Waals surface area contributed by atoms with E-state index in [1.54, 1.807) is 17.5 Å². The molecule has 0 aromatic carbocycles. The van der Waals surface area contributed by atoms with Gasteiger partial charge in [-0.15, -0.1) is 11.3 Å². The highest BCUT2D eigenvalue weighted by atomic mass is 32.1. The number of hydrogen-bond acceptors (Lipinski definition) is 5. The third kappa shape index (κ3) is 2.30. The highest BCUT2D eigenvalue weighted by molar-refractivity contribution is 7.13. The molecule has 0 amide bonds. The molecule has 17 heavy (non-hydrogen) atoms. The number of nitrogens with zero attached hydrogens (tertiary/aromatic N) is 3. The number of anilines is 1. The van der Waals surface area contributed by atoms with E-state index in [2.05, 4.69) is 20.2 Å². The first-order valence-corrected chi connectivity index (χ1v) is 6.51. The molecule has 1 aliphatic rings. The zero-order valence-corrected chi connectivity index (χ0v) is 10.2. The maximum atomic E-state index is 5.33. The Bertz CT molecular complexity index is 480. The number of morpholine rings is 1. The van der Waals surface area contributed by atoms with Crippen LogP contribution in [0.4, 0.5) is 5.82 Å². The van der Waals surface area contributed by atoms with Gasteiger partial charge in [-0.1, -0.05) is 6.07 Å². The van der Waals surface area contributed by atoms with E-state index in [4.69, 9.17) is 4.74 Å². The van der Waals surface area contributed by atoms with Gasteiger partial charge in [0, 0.05) is 24.7 Å². The molecule has 2 aromatic heterocycles. The van der Waals surface area contributed by atoms with Crippen LogP contribution in [0.15, 0.2) is 29.8 Å². The molecule has 88 valence electrons. The SMILES string of the molecule is c1ccc(-c2nc(N3CCOCC3)cs2)nc1. The van der Waals surface area contributed by atoms with Gasteiger partial charge in [-0.25, -0.2) is 4.98 Å². The van der Waals surface area contributed by atoms with Crippen LogP contribution in [-0.4, -0.2) is 36.3 Å². The molecule has 0 unspecified atom stereocenters. The summed E-state index contributed by atoms with van der Waals surface area (Å²) >= 11 is 1.64. The Morgan fingerprint density at radius 1 is 1.24 bits per heavy atom. The van der Waals surface area contributed by atoms with Crippen LogP contribution in [0.2, 0.25) is 0 Å². The minimum absolute atomic E-state index is 0.788. The first-order chi connectivity index (χ1) is 8.43. The molecular formula is C12H13N3OS. The molecule has 0 aliphatic carbocycles. The third-order valence-electron chi connectivity index (χ3n) is 2.71. The van der Waals surface area contributed by atoms with Crippen molar-refractivity contribution in [2.24, 2.45) is 0 Å². The van der Waals surface area contributed by atoms with Gasteiger partial charge in [0.1, 0.15) is 10.8 Å². The van der Waals surface area contributed by atoms with Gasteiger partial charge in [0.25, 0.3) is 0 Å². The molecule has 1 aliphatic heterocycles. The van der Waals surface area contributed by atoms with Crippen LogP contribution in [0.1, 0.15) is 0 Å². The number of rotatable bonds is 2. The van der Waals surface area contributed by atoms with Crippen molar-refractivity contribution in [2.75, 3.05) is 31.2 Å². The van der Waals surface area contributed by atoms with Crippen LogP contribution in [0.3, 0.4) is 0 Å². The van der Waals surface area contributed by atoms with Crippen molar-refractivity contribution < 1.29 is 4.74 Å². The van der Waals surface area contributed by atoms with E-state index in [9.17, 15) is 0 Å². The Balaban J connectivity index is 1.83. The monoisotopic (exact) mass is 247 g/mol. The average Bonchev–Trinajstić information content (AvgIpc) is 2.90. The Morgan fingerprint density at radius 3 is 2.88 bits per heavy atom. The zero-order valence-electron chi connectivity index (χ0n) is 9.37. The second kappa shape index (κ2) is 4.81. The summed E-state index contributed by atoms with van der Waals surface area (Å²) in [5.41, 5.74) is 0.942. The summed E-state index contributed by atoms with van der Waals surface area (Å²) < 4.78 is 5.33. The maximum Gasteiger partial charge on any atom is 0.144 e. The Labute approximate surface area is 104 Å². The third-order valence-corrected chi connectivity index (χ3v) is 3.56. The summed E-state index contributed by atoms with van der Waals surface area (Å²) in [5.74, 6) is 1.04. The predicted octanol–water partition coefficient (Wildman–Crippen LogP) is 2.04. The standard InChI is InChI=1S/C12H13N3OS/c1-2-4-13-10(3-1)12-14-11(9-17-12)15-5-7-16-8-6-15/h1-4,9H,5-8H2. The molecule has 3 rings (SSSR count). The lowest BCUT2D eigenvalue weighted by Gasteiger charge is -2.26. The minimum atomic E-state index is 0.788. The topological polar surface area (TPSA) is 38.2 Å². The Hall–Kier alpha value is -1.46. The fraction of sp³-hybridized carbons (Fsp3) is 0.333. The number of thiazole rings is 1. The quantitative estimate of drug-likeness (QED) is 0.814. The van der Waals surface area contributed by atoms with Crippen molar-refractivity contribution in [3.63, 3.8) is 0 Å². The summed E-state index contributed by atoms with van der Waals surface area (Å²) in [6.45, 7) is 3.42. The van der Waals surface area contributed by atoms with Gasteiger partial charge < -0.3 is 9.64 Å². The Kier molecular flexibility index (Phi) is 3.02. The average molecular weight is 247 g/mol. The lowest BCUT2D eigenvalue weighted by molar-refractivity contribution is 0.122. The van der Waals surface area contributed by atoms with Crippen LogP contribution < -0.4 is 4.90 Å². The fourth-order valence-electron chi connectivity index (χ4n) is 1.81. The summed E-state index contributed by atoms with van der Waals surface area (Å²) in [7, 11) is 0. The molecular weight excluding hydrogens is 234 g/mol. The normalized spacial score (nSPS) is 16.1. The highest BCUT2D eigenvalue weighted by Gasteiger charge is 2.14. The van der Waals surface area contributed by atoms with E-state index in [1.807, 2.05) is 18.2 Å². The second-order valence-electron chi connectivity index (χ2n) is 3.83. The molecule has 0 spiro atoms. The van der Waals surface area contributed by atoms with E-state index < -0.39 is 0 Å².